The molecule has 21 heavy (non-hydrogen) atoms. The van der Waals surface area contributed by atoms with Crippen molar-refractivity contribution in [1.82, 2.24) is 15.0 Å². The van der Waals surface area contributed by atoms with Crippen molar-refractivity contribution in [3.05, 3.63) is 17.0 Å². The summed E-state index contributed by atoms with van der Waals surface area (Å²) < 4.78 is 10.4. The number of hydrogen-bond donors (Lipinski definition) is 0. The van der Waals surface area contributed by atoms with Gasteiger partial charge < -0.3 is 19.1 Å². The molecule has 2 amide bonds. The summed E-state index contributed by atoms with van der Waals surface area (Å²) in [6, 6.07) is 1.61. The molecule has 114 valence electrons. The van der Waals surface area contributed by atoms with E-state index in [9.17, 15) is 9.59 Å². The highest BCUT2D eigenvalue weighted by molar-refractivity contribution is 6.29. The number of carbonyl (C=O) groups excluding carboxylic acids is 2. The zero-order valence-electron chi connectivity index (χ0n) is 11.7. The topological polar surface area (TPSA) is 75.9 Å². The lowest BCUT2D eigenvalue weighted by atomic mass is 10.0. The molecule has 1 atom stereocenters. The van der Waals surface area contributed by atoms with Gasteiger partial charge in [0, 0.05) is 38.9 Å². The number of nitrogens with zero attached hydrogens (tertiary/aromatic N) is 3. The molecule has 0 saturated carbocycles. The molecule has 7 nitrogen and oxygen atoms in total. The molecule has 1 aromatic rings. The molecule has 1 spiro atoms. The van der Waals surface area contributed by atoms with E-state index < -0.39 is 5.60 Å². The second-order valence-electron chi connectivity index (χ2n) is 5.59. The van der Waals surface area contributed by atoms with Gasteiger partial charge in [-0.25, -0.2) is 4.79 Å². The first-order chi connectivity index (χ1) is 9.97. The van der Waals surface area contributed by atoms with Crippen molar-refractivity contribution in [2.45, 2.75) is 24.9 Å². The second-order valence-corrected chi connectivity index (χ2v) is 5.98. The maximum Gasteiger partial charge on any atom is 0.410 e. The molecule has 3 rings (SSSR count). The minimum Gasteiger partial charge on any atom is -0.439 e. The number of rotatable bonds is 3. The van der Waals surface area contributed by atoms with E-state index in [1.54, 1.807) is 22.9 Å². The van der Waals surface area contributed by atoms with Crippen LogP contribution in [0.2, 0.25) is 5.15 Å². The molecular weight excluding hydrogens is 298 g/mol. The zero-order valence-corrected chi connectivity index (χ0v) is 12.4. The number of aryl methyl sites for hydroxylation is 1. The number of likely N-dealkylation sites (tertiary alicyclic amines) is 1. The Bertz CT molecular complexity index is 576. The third-order valence-corrected chi connectivity index (χ3v) is 4.10. The van der Waals surface area contributed by atoms with Gasteiger partial charge in [-0.15, -0.1) is 0 Å². The van der Waals surface area contributed by atoms with Crippen LogP contribution in [-0.4, -0.2) is 59.2 Å². The molecule has 0 radical (unpaired) electrons. The molecule has 0 aromatic carbocycles. The Balaban J connectivity index is 1.54. The van der Waals surface area contributed by atoms with Crippen LogP contribution in [0, 0.1) is 0 Å². The van der Waals surface area contributed by atoms with Crippen molar-refractivity contribution in [1.29, 1.82) is 0 Å². The van der Waals surface area contributed by atoms with Gasteiger partial charge in [-0.2, -0.15) is 0 Å². The smallest absolute Gasteiger partial charge is 0.410 e. The molecule has 2 aliphatic rings. The first-order valence-corrected chi connectivity index (χ1v) is 7.18. The average Bonchev–Trinajstić information content (AvgIpc) is 3.09. The highest BCUT2D eigenvalue weighted by Gasteiger charge is 2.49. The fourth-order valence-electron chi connectivity index (χ4n) is 2.86. The van der Waals surface area contributed by atoms with Crippen molar-refractivity contribution in [3.8, 4) is 0 Å². The second kappa shape index (κ2) is 5.22. The Hall–Kier alpha value is -1.76. The lowest BCUT2D eigenvalue weighted by Gasteiger charge is -2.21. The van der Waals surface area contributed by atoms with E-state index in [-0.39, 0.29) is 12.0 Å². The third kappa shape index (κ3) is 2.83. The molecule has 2 saturated heterocycles. The van der Waals surface area contributed by atoms with Gasteiger partial charge >= 0.3 is 6.09 Å². The van der Waals surface area contributed by atoms with Gasteiger partial charge in [0.15, 0.2) is 10.8 Å². The maximum absolute atomic E-state index is 12.2. The number of amides is 2. The largest absolute Gasteiger partial charge is 0.439 e. The molecule has 1 aromatic heterocycles. The van der Waals surface area contributed by atoms with Gasteiger partial charge in [0.1, 0.15) is 5.76 Å². The third-order valence-electron chi connectivity index (χ3n) is 3.93. The minimum absolute atomic E-state index is 0.0185. The van der Waals surface area contributed by atoms with Crippen LogP contribution in [0.15, 0.2) is 10.6 Å². The van der Waals surface area contributed by atoms with Crippen LogP contribution in [0.4, 0.5) is 4.79 Å². The van der Waals surface area contributed by atoms with Crippen LogP contribution >= 0.6 is 11.6 Å². The fourth-order valence-corrected chi connectivity index (χ4v) is 3.01. The Kier molecular flexibility index (Phi) is 3.52. The lowest BCUT2D eigenvalue weighted by Crippen LogP contribution is -2.39. The normalized spacial score (nSPS) is 25.0. The van der Waals surface area contributed by atoms with Crippen molar-refractivity contribution in [2.24, 2.45) is 0 Å². The summed E-state index contributed by atoms with van der Waals surface area (Å²) in [7, 11) is 1.70. The summed E-state index contributed by atoms with van der Waals surface area (Å²) in [5, 5.41) is 3.86. The van der Waals surface area contributed by atoms with E-state index in [0.29, 0.717) is 49.8 Å². The van der Waals surface area contributed by atoms with E-state index >= 15 is 0 Å². The predicted octanol–water partition coefficient (Wildman–Crippen LogP) is 1.31. The molecule has 3 heterocycles. The SMILES string of the molecule is CN1CC2(CCN(C(=O)CCc3cc(Cl)no3)C2)OC1=O. The van der Waals surface area contributed by atoms with Gasteiger partial charge in [0.2, 0.25) is 5.91 Å². The molecule has 0 aliphatic carbocycles. The fraction of sp³-hybridized carbons (Fsp3) is 0.615. The van der Waals surface area contributed by atoms with Crippen LogP contribution < -0.4 is 0 Å². The van der Waals surface area contributed by atoms with Crippen molar-refractivity contribution in [2.75, 3.05) is 26.7 Å². The van der Waals surface area contributed by atoms with Crippen LogP contribution in [-0.2, 0) is 16.0 Å². The Morgan fingerprint density at radius 2 is 2.33 bits per heavy atom. The van der Waals surface area contributed by atoms with Crippen LogP contribution in [0.3, 0.4) is 0 Å². The summed E-state index contributed by atoms with van der Waals surface area (Å²) in [6.45, 7) is 1.60. The highest BCUT2D eigenvalue weighted by Crippen LogP contribution is 2.32. The molecule has 0 N–H and O–H groups in total. The van der Waals surface area contributed by atoms with E-state index in [1.807, 2.05) is 0 Å². The first-order valence-electron chi connectivity index (χ1n) is 6.80. The lowest BCUT2D eigenvalue weighted by molar-refractivity contribution is -0.131. The standard InChI is InChI=1S/C13H16ClN3O4/c1-16-7-13(20-12(16)19)4-5-17(8-13)11(18)3-2-9-6-10(14)15-21-9/h6H,2-5,7-8H2,1H3. The summed E-state index contributed by atoms with van der Waals surface area (Å²) in [5.74, 6) is 0.610. The van der Waals surface area contributed by atoms with Gasteiger partial charge in [-0.3, -0.25) is 4.79 Å². The molecule has 2 fully saturated rings. The van der Waals surface area contributed by atoms with Crippen molar-refractivity contribution >= 4 is 23.6 Å². The molecule has 2 aliphatic heterocycles. The summed E-state index contributed by atoms with van der Waals surface area (Å²) in [6.07, 6.45) is 1.15. The quantitative estimate of drug-likeness (QED) is 0.841. The van der Waals surface area contributed by atoms with E-state index in [1.165, 1.54) is 0 Å². The number of aromatic nitrogens is 1. The molecule has 0 bridgehead atoms. The highest BCUT2D eigenvalue weighted by atomic mass is 35.5. The molecular formula is C13H16ClN3O4. The Labute approximate surface area is 126 Å². The van der Waals surface area contributed by atoms with E-state index in [2.05, 4.69) is 5.16 Å². The summed E-state index contributed by atoms with van der Waals surface area (Å²) in [4.78, 5) is 27.0. The number of hydrogen-bond acceptors (Lipinski definition) is 5. The van der Waals surface area contributed by atoms with Gasteiger partial charge in [0.25, 0.3) is 0 Å². The van der Waals surface area contributed by atoms with Crippen LogP contribution in [0.5, 0.6) is 0 Å². The number of carbonyl (C=O) groups is 2. The minimum atomic E-state index is -0.531. The zero-order chi connectivity index (χ0) is 15.0. The number of halogens is 1. The van der Waals surface area contributed by atoms with E-state index in [4.69, 9.17) is 20.9 Å². The molecule has 8 heteroatoms. The predicted molar refractivity (Wildman–Crippen MR) is 72.9 cm³/mol. The Morgan fingerprint density at radius 1 is 1.52 bits per heavy atom. The summed E-state index contributed by atoms with van der Waals surface area (Å²) in [5.41, 5.74) is -0.531. The summed E-state index contributed by atoms with van der Waals surface area (Å²) >= 11 is 5.66. The Morgan fingerprint density at radius 3 is 2.95 bits per heavy atom. The van der Waals surface area contributed by atoms with Gasteiger partial charge in [-0.05, 0) is 0 Å². The van der Waals surface area contributed by atoms with Crippen molar-refractivity contribution < 1.29 is 18.8 Å². The van der Waals surface area contributed by atoms with Gasteiger partial charge in [0.05, 0.1) is 13.1 Å². The average molecular weight is 314 g/mol. The number of likely N-dealkylation sites (N-methyl/N-ethyl adjacent to an activating group) is 1. The van der Waals surface area contributed by atoms with Crippen LogP contribution in [0.25, 0.3) is 0 Å². The van der Waals surface area contributed by atoms with E-state index in [0.717, 1.165) is 0 Å². The molecule has 1 unspecified atom stereocenters. The van der Waals surface area contributed by atoms with Crippen molar-refractivity contribution in [3.63, 3.8) is 0 Å². The first kappa shape index (κ1) is 14.2. The van der Waals surface area contributed by atoms with Gasteiger partial charge in [-0.1, -0.05) is 16.8 Å². The number of ether oxygens (including phenoxy) is 1. The maximum atomic E-state index is 12.2. The monoisotopic (exact) mass is 313 g/mol. The van der Waals surface area contributed by atoms with Crippen LogP contribution in [0.1, 0.15) is 18.6 Å².